The Hall–Kier alpha value is -3.94. The number of nitrogens with zero attached hydrogens (tertiary/aromatic N) is 3. The molecule has 2 aromatic heterocycles. The molecule has 0 radical (unpaired) electrons. The summed E-state index contributed by atoms with van der Waals surface area (Å²) in [7, 11) is 1.61. The number of aromatic nitrogens is 3. The Morgan fingerprint density at radius 3 is 2.60 bits per heavy atom. The lowest BCUT2D eigenvalue weighted by Crippen LogP contribution is -2.31. The molecule has 2 aromatic carbocycles. The second kappa shape index (κ2) is 11.0. The van der Waals surface area contributed by atoms with E-state index in [1.54, 1.807) is 13.3 Å². The number of hydrogen-bond donors (Lipinski definition) is 1. The maximum atomic E-state index is 12.7. The third kappa shape index (κ3) is 5.77. The third-order valence-electron chi connectivity index (χ3n) is 5.66. The van der Waals surface area contributed by atoms with Crippen LogP contribution >= 0.6 is 0 Å². The largest absolute Gasteiger partial charge is 0.494 e. The van der Waals surface area contributed by atoms with Crippen LogP contribution in [0.1, 0.15) is 50.3 Å². The number of methoxy groups -OCH3 is 1. The summed E-state index contributed by atoms with van der Waals surface area (Å²) in [6, 6.07) is 13.0. The molecule has 8 nitrogen and oxygen atoms in total. The number of alkyl carbamates (subject to hydrolysis) is 1. The van der Waals surface area contributed by atoms with E-state index in [4.69, 9.17) is 23.9 Å². The lowest BCUT2D eigenvalue weighted by molar-refractivity contribution is 0.133. The molecule has 1 unspecified atom stereocenters. The minimum Gasteiger partial charge on any atom is -0.494 e. The molecule has 0 aliphatic heterocycles. The Labute approximate surface area is 204 Å². The zero-order valence-electron chi connectivity index (χ0n) is 20.4. The van der Waals surface area contributed by atoms with Crippen molar-refractivity contribution in [3.63, 3.8) is 0 Å². The number of oxazole rings is 1. The minimum absolute atomic E-state index is 0.193. The topological polar surface area (TPSA) is 99.4 Å². The molecular weight excluding hydrogens is 444 g/mol. The fourth-order valence-corrected chi connectivity index (χ4v) is 3.97. The molecule has 1 amide bonds. The molecule has 0 saturated carbocycles. The standard InChI is InChI=1S/C27H30N4O4/c1-5-21-20-12-19(24-14-28-16-35-24)13-23(33-4)25(20)31-26(29-21)22(11-17(2)3)30-27(32)34-15-18-9-7-6-8-10-18/h6-10,12-14,16-17,22H,5,11,15H2,1-4H3,(H,30,32). The molecule has 35 heavy (non-hydrogen) atoms. The van der Waals surface area contributed by atoms with Gasteiger partial charge in [0.05, 0.1) is 25.0 Å². The minimum atomic E-state index is -0.506. The zero-order chi connectivity index (χ0) is 24.8. The first-order valence-corrected chi connectivity index (χ1v) is 11.7. The Morgan fingerprint density at radius 2 is 1.94 bits per heavy atom. The first-order valence-electron chi connectivity index (χ1n) is 11.7. The fraction of sp³-hybridized carbons (Fsp3) is 0.333. The number of carbonyl (C=O) groups excluding carboxylic acids is 1. The summed E-state index contributed by atoms with van der Waals surface area (Å²) in [5.74, 6) is 2.07. The predicted octanol–water partition coefficient (Wildman–Crippen LogP) is 5.87. The van der Waals surface area contributed by atoms with Crippen molar-refractivity contribution in [1.82, 2.24) is 20.3 Å². The smallest absolute Gasteiger partial charge is 0.408 e. The van der Waals surface area contributed by atoms with Crippen molar-refractivity contribution in [2.75, 3.05) is 7.11 Å². The summed E-state index contributed by atoms with van der Waals surface area (Å²) in [6.07, 6.45) is 3.89. The van der Waals surface area contributed by atoms with E-state index in [9.17, 15) is 4.79 Å². The van der Waals surface area contributed by atoms with Crippen LogP contribution in [0.4, 0.5) is 4.79 Å². The Morgan fingerprint density at radius 1 is 1.14 bits per heavy atom. The summed E-state index contributed by atoms with van der Waals surface area (Å²) in [5, 5.41) is 3.84. The Balaban J connectivity index is 1.67. The van der Waals surface area contributed by atoms with E-state index in [1.807, 2.05) is 49.4 Å². The van der Waals surface area contributed by atoms with Gasteiger partial charge in [0.15, 0.2) is 18.0 Å². The molecule has 4 aromatic rings. The van der Waals surface area contributed by atoms with E-state index in [0.29, 0.717) is 41.6 Å². The summed E-state index contributed by atoms with van der Waals surface area (Å²) in [5.41, 5.74) is 3.30. The van der Waals surface area contributed by atoms with Gasteiger partial charge in [0.1, 0.15) is 17.9 Å². The summed E-state index contributed by atoms with van der Waals surface area (Å²) in [6.45, 7) is 6.42. The van der Waals surface area contributed by atoms with E-state index in [-0.39, 0.29) is 6.61 Å². The van der Waals surface area contributed by atoms with Gasteiger partial charge in [-0.15, -0.1) is 0 Å². The van der Waals surface area contributed by atoms with Gasteiger partial charge in [-0.1, -0.05) is 51.1 Å². The number of ether oxygens (including phenoxy) is 2. The van der Waals surface area contributed by atoms with Crippen LogP contribution in [0.3, 0.4) is 0 Å². The number of aryl methyl sites for hydroxylation is 1. The van der Waals surface area contributed by atoms with E-state index in [1.165, 1.54) is 6.39 Å². The fourth-order valence-electron chi connectivity index (χ4n) is 3.97. The molecule has 8 heteroatoms. The van der Waals surface area contributed by atoms with Crippen LogP contribution in [0, 0.1) is 5.92 Å². The van der Waals surface area contributed by atoms with Crippen molar-refractivity contribution in [2.45, 2.75) is 46.3 Å². The van der Waals surface area contributed by atoms with Gasteiger partial charge >= 0.3 is 6.09 Å². The molecule has 1 atom stereocenters. The van der Waals surface area contributed by atoms with Crippen molar-refractivity contribution < 1.29 is 18.7 Å². The lowest BCUT2D eigenvalue weighted by atomic mass is 10.0. The van der Waals surface area contributed by atoms with Crippen molar-refractivity contribution in [3.05, 3.63) is 72.1 Å². The van der Waals surface area contributed by atoms with Gasteiger partial charge in [0.25, 0.3) is 0 Å². The molecule has 0 saturated heterocycles. The quantitative estimate of drug-likeness (QED) is 0.324. The summed E-state index contributed by atoms with van der Waals surface area (Å²) < 4.78 is 16.6. The lowest BCUT2D eigenvalue weighted by Gasteiger charge is -2.21. The average molecular weight is 475 g/mol. The van der Waals surface area contributed by atoms with Crippen LogP contribution in [-0.4, -0.2) is 28.2 Å². The Bertz CT molecular complexity index is 1270. The van der Waals surface area contributed by atoms with Crippen LogP contribution in [-0.2, 0) is 17.8 Å². The van der Waals surface area contributed by atoms with Gasteiger partial charge in [-0.3, -0.25) is 0 Å². The highest BCUT2D eigenvalue weighted by Crippen LogP contribution is 2.34. The first-order chi connectivity index (χ1) is 17.0. The van der Waals surface area contributed by atoms with Crippen molar-refractivity contribution >= 4 is 17.0 Å². The van der Waals surface area contributed by atoms with Crippen LogP contribution < -0.4 is 10.1 Å². The van der Waals surface area contributed by atoms with E-state index >= 15 is 0 Å². The average Bonchev–Trinajstić information content (AvgIpc) is 3.41. The molecule has 0 spiro atoms. The van der Waals surface area contributed by atoms with Crippen LogP contribution in [0.25, 0.3) is 22.2 Å². The van der Waals surface area contributed by atoms with Crippen LogP contribution in [0.15, 0.2) is 59.5 Å². The first kappa shape index (κ1) is 24.2. The molecule has 0 aliphatic rings. The predicted molar refractivity (Wildman–Crippen MR) is 133 cm³/mol. The monoisotopic (exact) mass is 474 g/mol. The number of amides is 1. The number of hydrogen-bond acceptors (Lipinski definition) is 7. The zero-order valence-corrected chi connectivity index (χ0v) is 20.4. The van der Waals surface area contributed by atoms with E-state index < -0.39 is 12.1 Å². The van der Waals surface area contributed by atoms with Gasteiger partial charge in [0.2, 0.25) is 0 Å². The molecule has 0 aliphatic carbocycles. The van der Waals surface area contributed by atoms with Crippen molar-refractivity contribution in [3.8, 4) is 17.1 Å². The highest BCUT2D eigenvalue weighted by molar-refractivity contribution is 5.91. The van der Waals surface area contributed by atoms with Gasteiger partial charge in [-0.05, 0) is 36.5 Å². The Kier molecular flexibility index (Phi) is 7.60. The number of fused-ring (bicyclic) bond motifs is 1. The molecule has 0 fully saturated rings. The molecule has 2 heterocycles. The number of nitrogens with one attached hydrogen (secondary N) is 1. The molecule has 0 bridgehead atoms. The second-order valence-electron chi connectivity index (χ2n) is 8.71. The second-order valence-corrected chi connectivity index (χ2v) is 8.71. The van der Waals surface area contributed by atoms with Crippen molar-refractivity contribution in [1.29, 1.82) is 0 Å². The van der Waals surface area contributed by atoms with Gasteiger partial charge in [-0.25, -0.2) is 19.7 Å². The third-order valence-corrected chi connectivity index (χ3v) is 5.66. The summed E-state index contributed by atoms with van der Waals surface area (Å²) in [4.78, 5) is 26.4. The van der Waals surface area contributed by atoms with Gasteiger partial charge in [-0.2, -0.15) is 0 Å². The van der Waals surface area contributed by atoms with Crippen LogP contribution in [0.2, 0.25) is 0 Å². The summed E-state index contributed by atoms with van der Waals surface area (Å²) >= 11 is 0. The number of benzene rings is 2. The van der Waals surface area contributed by atoms with Gasteiger partial charge < -0.3 is 19.2 Å². The highest BCUT2D eigenvalue weighted by atomic mass is 16.5. The number of carbonyl (C=O) groups is 1. The molecule has 4 rings (SSSR count). The van der Waals surface area contributed by atoms with Crippen molar-refractivity contribution in [2.24, 2.45) is 5.92 Å². The van der Waals surface area contributed by atoms with Gasteiger partial charge in [0, 0.05) is 10.9 Å². The molecule has 182 valence electrons. The van der Waals surface area contributed by atoms with E-state index in [2.05, 4.69) is 24.1 Å². The SMILES string of the molecule is CCc1nc(C(CC(C)C)NC(=O)OCc2ccccc2)nc2c(OC)cc(-c3cnco3)cc12. The molecule has 1 N–H and O–H groups in total. The van der Waals surface area contributed by atoms with Crippen LogP contribution in [0.5, 0.6) is 5.75 Å². The number of rotatable bonds is 9. The maximum Gasteiger partial charge on any atom is 0.408 e. The highest BCUT2D eigenvalue weighted by Gasteiger charge is 2.23. The molecular formula is C27H30N4O4. The normalized spacial score (nSPS) is 12.0. The maximum absolute atomic E-state index is 12.7. The van der Waals surface area contributed by atoms with E-state index in [0.717, 1.165) is 22.2 Å².